The molecule has 0 amide bonds. The summed E-state index contributed by atoms with van der Waals surface area (Å²) in [5.74, 6) is 1.67. The highest BCUT2D eigenvalue weighted by molar-refractivity contribution is 5.06. The number of pyridine rings is 1. The zero-order valence-corrected chi connectivity index (χ0v) is 15.6. The average Bonchev–Trinajstić information content (AvgIpc) is 3.28. The van der Waals surface area contributed by atoms with Crippen molar-refractivity contribution in [1.29, 1.82) is 0 Å². The smallest absolute Gasteiger partial charge is 0.117 e. The summed E-state index contributed by atoms with van der Waals surface area (Å²) >= 11 is 0. The summed E-state index contributed by atoms with van der Waals surface area (Å²) in [6.45, 7) is 7.27. The molecule has 2 saturated heterocycles. The maximum atomic E-state index is 5.59. The van der Waals surface area contributed by atoms with Crippen LogP contribution < -0.4 is 0 Å². The molecule has 1 atom stereocenters. The van der Waals surface area contributed by atoms with Crippen LogP contribution in [-0.2, 0) is 17.8 Å². The fourth-order valence-corrected chi connectivity index (χ4v) is 4.76. The van der Waals surface area contributed by atoms with Crippen molar-refractivity contribution in [2.45, 2.75) is 25.9 Å². The number of nitrogens with zero attached hydrogens (tertiary/aromatic N) is 3. The Hall–Kier alpha value is -1.69. The third-order valence-electron chi connectivity index (χ3n) is 6.17. The number of furan rings is 1. The molecule has 5 nitrogen and oxygen atoms in total. The number of piperidine rings is 1. The Bertz CT molecular complexity index is 666. The molecule has 2 fully saturated rings. The third-order valence-corrected chi connectivity index (χ3v) is 6.17. The standard InChI is InChI=1S/C21H29N3O2/c1-25-16-18-13-24(15-20-6-4-12-26-20)17-21(18)7-10-23(11-8-21)14-19-5-2-3-9-22-19/h2-6,9,12,18H,7-8,10-11,13-17H2,1H3. The Morgan fingerprint density at radius 3 is 2.73 bits per heavy atom. The molecular formula is C21H29N3O2. The van der Waals surface area contributed by atoms with Gasteiger partial charge < -0.3 is 9.15 Å². The van der Waals surface area contributed by atoms with E-state index in [-0.39, 0.29) is 0 Å². The van der Waals surface area contributed by atoms with E-state index in [4.69, 9.17) is 9.15 Å². The van der Waals surface area contributed by atoms with Gasteiger partial charge in [0.2, 0.25) is 0 Å². The minimum atomic E-state index is 0.378. The molecular weight excluding hydrogens is 326 g/mol. The second-order valence-corrected chi connectivity index (χ2v) is 7.86. The topological polar surface area (TPSA) is 41.7 Å². The van der Waals surface area contributed by atoms with Gasteiger partial charge in [0.25, 0.3) is 0 Å². The van der Waals surface area contributed by atoms with Crippen LogP contribution in [0.2, 0.25) is 0 Å². The fraction of sp³-hybridized carbons (Fsp3) is 0.571. The van der Waals surface area contributed by atoms with E-state index in [0.29, 0.717) is 11.3 Å². The molecule has 4 rings (SSSR count). The predicted molar refractivity (Wildman–Crippen MR) is 101 cm³/mol. The van der Waals surface area contributed by atoms with E-state index < -0.39 is 0 Å². The summed E-state index contributed by atoms with van der Waals surface area (Å²) < 4.78 is 11.1. The largest absolute Gasteiger partial charge is 0.468 e. The normalized spacial score (nSPS) is 23.7. The highest BCUT2D eigenvalue weighted by Crippen LogP contribution is 2.45. The van der Waals surface area contributed by atoms with Crippen molar-refractivity contribution in [2.75, 3.05) is 39.9 Å². The molecule has 0 radical (unpaired) electrons. The third kappa shape index (κ3) is 3.85. The number of hydrogen-bond acceptors (Lipinski definition) is 5. The Kier molecular flexibility index (Phi) is 5.38. The Morgan fingerprint density at radius 1 is 1.15 bits per heavy atom. The minimum Gasteiger partial charge on any atom is -0.468 e. The first-order chi connectivity index (χ1) is 12.8. The van der Waals surface area contributed by atoms with Gasteiger partial charge in [-0.3, -0.25) is 14.8 Å². The highest BCUT2D eigenvalue weighted by atomic mass is 16.5. The van der Waals surface area contributed by atoms with Crippen molar-refractivity contribution in [1.82, 2.24) is 14.8 Å². The van der Waals surface area contributed by atoms with E-state index in [0.717, 1.165) is 51.6 Å². The van der Waals surface area contributed by atoms with Gasteiger partial charge in [0, 0.05) is 38.9 Å². The van der Waals surface area contributed by atoms with Crippen LogP contribution in [0.1, 0.15) is 24.3 Å². The first kappa shape index (κ1) is 17.7. The van der Waals surface area contributed by atoms with Crippen LogP contribution in [0.5, 0.6) is 0 Å². The predicted octanol–water partition coefficient (Wildman–Crippen LogP) is 3.04. The molecule has 140 valence electrons. The van der Waals surface area contributed by atoms with Crippen LogP contribution in [0.25, 0.3) is 0 Å². The first-order valence-electron chi connectivity index (χ1n) is 9.63. The van der Waals surface area contributed by atoms with Crippen molar-refractivity contribution in [3.8, 4) is 0 Å². The molecule has 2 aromatic heterocycles. The van der Waals surface area contributed by atoms with Crippen molar-refractivity contribution >= 4 is 0 Å². The number of hydrogen-bond donors (Lipinski definition) is 0. The van der Waals surface area contributed by atoms with Gasteiger partial charge in [-0.05, 0) is 55.6 Å². The second kappa shape index (κ2) is 7.91. The molecule has 0 N–H and O–H groups in total. The fourth-order valence-electron chi connectivity index (χ4n) is 4.76. The number of methoxy groups -OCH3 is 1. The van der Waals surface area contributed by atoms with E-state index in [1.54, 1.807) is 6.26 Å². The monoisotopic (exact) mass is 355 g/mol. The molecule has 0 saturated carbocycles. The van der Waals surface area contributed by atoms with Crippen LogP contribution >= 0.6 is 0 Å². The van der Waals surface area contributed by atoms with Crippen LogP contribution in [0.4, 0.5) is 0 Å². The maximum absolute atomic E-state index is 5.59. The van der Waals surface area contributed by atoms with E-state index in [2.05, 4.69) is 33.0 Å². The van der Waals surface area contributed by atoms with Gasteiger partial charge in [-0.15, -0.1) is 0 Å². The molecule has 5 heteroatoms. The molecule has 4 heterocycles. The first-order valence-corrected chi connectivity index (χ1v) is 9.63. The molecule has 0 aliphatic carbocycles. The summed E-state index contributed by atoms with van der Waals surface area (Å²) in [5.41, 5.74) is 1.55. The van der Waals surface area contributed by atoms with Crippen LogP contribution in [0.15, 0.2) is 47.2 Å². The lowest BCUT2D eigenvalue weighted by Crippen LogP contribution is -2.45. The molecule has 26 heavy (non-hydrogen) atoms. The van der Waals surface area contributed by atoms with Gasteiger partial charge in [0.15, 0.2) is 0 Å². The number of likely N-dealkylation sites (tertiary alicyclic amines) is 2. The van der Waals surface area contributed by atoms with Crippen molar-refractivity contribution in [3.63, 3.8) is 0 Å². The second-order valence-electron chi connectivity index (χ2n) is 7.86. The summed E-state index contributed by atoms with van der Waals surface area (Å²) in [7, 11) is 1.83. The van der Waals surface area contributed by atoms with Crippen molar-refractivity contribution in [2.24, 2.45) is 11.3 Å². The average molecular weight is 355 g/mol. The van der Waals surface area contributed by atoms with Crippen molar-refractivity contribution in [3.05, 3.63) is 54.2 Å². The Balaban J connectivity index is 1.38. The van der Waals surface area contributed by atoms with Gasteiger partial charge in [-0.2, -0.15) is 0 Å². The lowest BCUT2D eigenvalue weighted by atomic mass is 9.71. The van der Waals surface area contributed by atoms with Gasteiger partial charge in [0.05, 0.1) is 25.1 Å². The van der Waals surface area contributed by atoms with Crippen LogP contribution in [0.3, 0.4) is 0 Å². The van der Waals surface area contributed by atoms with Crippen molar-refractivity contribution < 1.29 is 9.15 Å². The molecule has 1 spiro atoms. The Morgan fingerprint density at radius 2 is 2.04 bits per heavy atom. The van der Waals surface area contributed by atoms with Crippen LogP contribution in [0, 0.1) is 11.3 Å². The lowest BCUT2D eigenvalue weighted by Gasteiger charge is -2.42. The molecule has 2 aliphatic heterocycles. The minimum absolute atomic E-state index is 0.378. The number of rotatable bonds is 6. The van der Waals surface area contributed by atoms with E-state index in [1.807, 2.05) is 25.4 Å². The number of aromatic nitrogens is 1. The Labute approximate surface area is 156 Å². The van der Waals surface area contributed by atoms with E-state index in [9.17, 15) is 0 Å². The maximum Gasteiger partial charge on any atom is 0.117 e. The SMILES string of the molecule is COCC1CN(Cc2ccco2)CC12CCN(Cc1ccccn1)CC2. The van der Waals surface area contributed by atoms with Gasteiger partial charge in [-0.25, -0.2) is 0 Å². The summed E-state index contributed by atoms with van der Waals surface area (Å²) in [6, 6.07) is 10.2. The van der Waals surface area contributed by atoms with Gasteiger partial charge in [-0.1, -0.05) is 6.07 Å². The van der Waals surface area contributed by atoms with Gasteiger partial charge >= 0.3 is 0 Å². The molecule has 0 bridgehead atoms. The summed E-state index contributed by atoms with van der Waals surface area (Å²) in [6.07, 6.45) is 6.13. The van der Waals surface area contributed by atoms with E-state index in [1.165, 1.54) is 18.5 Å². The quantitative estimate of drug-likeness (QED) is 0.797. The van der Waals surface area contributed by atoms with Gasteiger partial charge in [0.1, 0.15) is 5.76 Å². The molecule has 2 aromatic rings. The number of ether oxygens (including phenoxy) is 1. The lowest BCUT2D eigenvalue weighted by molar-refractivity contribution is 0.0346. The highest BCUT2D eigenvalue weighted by Gasteiger charge is 2.47. The van der Waals surface area contributed by atoms with Crippen LogP contribution in [-0.4, -0.2) is 54.7 Å². The molecule has 2 aliphatic rings. The summed E-state index contributed by atoms with van der Waals surface area (Å²) in [4.78, 5) is 9.58. The molecule has 1 unspecified atom stereocenters. The molecule has 0 aromatic carbocycles. The zero-order chi connectivity index (χ0) is 17.8. The van der Waals surface area contributed by atoms with E-state index >= 15 is 0 Å². The zero-order valence-electron chi connectivity index (χ0n) is 15.6. The summed E-state index contributed by atoms with van der Waals surface area (Å²) in [5, 5.41) is 0.